The second-order valence-electron chi connectivity index (χ2n) is 4.15. The van der Waals surface area contributed by atoms with Gasteiger partial charge in [0.2, 0.25) is 0 Å². The molecule has 0 N–H and O–H groups in total. The van der Waals surface area contributed by atoms with Gasteiger partial charge in [-0.15, -0.1) is 16.9 Å². The highest BCUT2D eigenvalue weighted by atomic mass is 32.1. The van der Waals surface area contributed by atoms with Crippen molar-refractivity contribution >= 4 is 25.2 Å². The Morgan fingerprint density at radius 1 is 1.22 bits per heavy atom. The molecular formula is C15H18OSSi. The number of hydrogen-bond donors (Lipinski definition) is 0. The lowest BCUT2D eigenvalue weighted by molar-refractivity contribution is -0.108. The predicted molar refractivity (Wildman–Crippen MR) is 81.2 cm³/mol. The Hall–Kier alpha value is -1.29. The van der Waals surface area contributed by atoms with E-state index < -0.39 is 8.07 Å². The van der Waals surface area contributed by atoms with Gasteiger partial charge in [0, 0.05) is 0 Å². The molecule has 3 heteroatoms. The minimum Gasteiger partial charge on any atom is -0.270 e. The zero-order chi connectivity index (χ0) is 13.4. The Morgan fingerprint density at radius 3 is 2.39 bits per heavy atom. The van der Waals surface area contributed by atoms with Crippen LogP contribution >= 0.6 is 11.3 Å². The van der Waals surface area contributed by atoms with Crippen LogP contribution in [0.25, 0.3) is 0 Å². The third kappa shape index (κ3) is 4.18. The fourth-order valence-corrected chi connectivity index (χ4v) is 4.68. The molecule has 0 bridgehead atoms. The molecule has 0 radical (unpaired) electrons. The van der Waals surface area contributed by atoms with E-state index in [1.807, 2.05) is 17.5 Å². The second kappa shape index (κ2) is 7.21. The maximum Gasteiger partial charge on any atom is 0.278 e. The number of thiophene rings is 1. The van der Waals surface area contributed by atoms with E-state index in [0.29, 0.717) is 0 Å². The van der Waals surface area contributed by atoms with E-state index in [9.17, 15) is 4.79 Å². The van der Waals surface area contributed by atoms with E-state index in [0.717, 1.165) is 23.0 Å². The van der Waals surface area contributed by atoms with Crippen LogP contribution in [0.2, 0.25) is 18.1 Å². The topological polar surface area (TPSA) is 17.1 Å². The summed E-state index contributed by atoms with van der Waals surface area (Å²) < 4.78 is 0. The highest BCUT2D eigenvalue weighted by Crippen LogP contribution is 2.18. The minimum atomic E-state index is -1.52. The first-order chi connectivity index (χ1) is 8.65. The molecule has 0 saturated carbocycles. The average Bonchev–Trinajstić information content (AvgIpc) is 2.92. The molecule has 0 aliphatic rings. The molecule has 0 spiro atoms. The molecule has 1 heterocycles. The van der Waals surface area contributed by atoms with Crippen molar-refractivity contribution in [3.8, 4) is 23.3 Å². The van der Waals surface area contributed by atoms with Crippen LogP contribution < -0.4 is 0 Å². The van der Waals surface area contributed by atoms with Crippen molar-refractivity contribution in [1.82, 2.24) is 0 Å². The normalized spacial score (nSPS) is 9.94. The molecule has 0 saturated heterocycles. The van der Waals surface area contributed by atoms with Crippen LogP contribution in [0.3, 0.4) is 0 Å². The molecule has 0 unspecified atom stereocenters. The van der Waals surface area contributed by atoms with Crippen molar-refractivity contribution < 1.29 is 4.79 Å². The Bertz CT molecular complexity index is 496. The lowest BCUT2D eigenvalue weighted by atomic mass is 10.4. The van der Waals surface area contributed by atoms with E-state index in [1.165, 1.54) is 11.3 Å². The summed E-state index contributed by atoms with van der Waals surface area (Å²) in [6.07, 6.45) is 0. The summed E-state index contributed by atoms with van der Waals surface area (Å²) in [5.41, 5.74) is 3.25. The van der Waals surface area contributed by atoms with Crippen LogP contribution in [0.1, 0.15) is 25.6 Å². The van der Waals surface area contributed by atoms with Crippen LogP contribution in [0.15, 0.2) is 17.5 Å². The molecule has 1 nitrogen and oxygen atoms in total. The maximum absolute atomic E-state index is 11.6. The summed E-state index contributed by atoms with van der Waals surface area (Å²) >= 11 is 1.54. The Morgan fingerprint density at radius 2 is 1.89 bits per heavy atom. The first-order valence-electron chi connectivity index (χ1n) is 6.28. The van der Waals surface area contributed by atoms with Crippen molar-refractivity contribution in [3.63, 3.8) is 0 Å². The van der Waals surface area contributed by atoms with Gasteiger partial charge < -0.3 is 0 Å². The summed E-state index contributed by atoms with van der Waals surface area (Å²) in [4.78, 5) is 12.5. The number of hydrogen-bond acceptors (Lipinski definition) is 2. The molecule has 0 amide bonds. The van der Waals surface area contributed by atoms with Crippen molar-refractivity contribution in [2.24, 2.45) is 0 Å². The third-order valence-corrected chi connectivity index (χ3v) is 8.79. The van der Waals surface area contributed by atoms with Gasteiger partial charge in [-0.2, -0.15) is 0 Å². The predicted octanol–water partition coefficient (Wildman–Crippen LogP) is 3.72. The van der Waals surface area contributed by atoms with Crippen LogP contribution in [-0.4, -0.2) is 13.9 Å². The van der Waals surface area contributed by atoms with E-state index >= 15 is 0 Å². The molecule has 18 heavy (non-hydrogen) atoms. The monoisotopic (exact) mass is 274 g/mol. The first kappa shape index (κ1) is 14.8. The Balaban J connectivity index is 2.76. The summed E-state index contributed by atoms with van der Waals surface area (Å²) in [7, 11) is -1.52. The van der Waals surface area contributed by atoms with Crippen molar-refractivity contribution in [1.29, 1.82) is 0 Å². The largest absolute Gasteiger partial charge is 0.278 e. The average molecular weight is 274 g/mol. The maximum atomic E-state index is 11.6. The van der Waals surface area contributed by atoms with Crippen molar-refractivity contribution in [2.75, 3.05) is 0 Å². The smallest absolute Gasteiger partial charge is 0.270 e. The molecule has 0 atom stereocenters. The van der Waals surface area contributed by atoms with Crippen LogP contribution in [0, 0.1) is 23.3 Å². The lowest BCUT2D eigenvalue weighted by Gasteiger charge is -2.19. The number of rotatable bonds is 3. The zero-order valence-corrected chi connectivity index (χ0v) is 13.0. The highest BCUT2D eigenvalue weighted by molar-refractivity contribution is 7.10. The van der Waals surface area contributed by atoms with E-state index in [-0.39, 0.29) is 5.78 Å². The number of Topliss-reactive ketones (excluding diaryl/α,β-unsaturated/α-hetero) is 1. The molecular weight excluding hydrogens is 256 g/mol. The van der Waals surface area contributed by atoms with Gasteiger partial charge in [0.1, 0.15) is 8.07 Å². The summed E-state index contributed by atoms with van der Waals surface area (Å²) in [6, 6.07) is 7.16. The van der Waals surface area contributed by atoms with Crippen LogP contribution in [0.5, 0.6) is 0 Å². The molecule has 0 aliphatic heterocycles. The second-order valence-corrected chi connectivity index (χ2v) is 10.0. The van der Waals surface area contributed by atoms with Gasteiger partial charge in [-0.25, -0.2) is 0 Å². The third-order valence-electron chi connectivity index (χ3n) is 3.29. The van der Waals surface area contributed by atoms with Crippen LogP contribution in [-0.2, 0) is 4.79 Å². The first-order valence-corrected chi connectivity index (χ1v) is 9.78. The summed E-state index contributed by atoms with van der Waals surface area (Å²) in [6.45, 7) is 6.53. The Kier molecular flexibility index (Phi) is 5.91. The molecule has 0 aliphatic carbocycles. The number of carbonyl (C=O) groups is 1. The van der Waals surface area contributed by atoms with E-state index in [1.54, 1.807) is 0 Å². The lowest BCUT2D eigenvalue weighted by Crippen LogP contribution is -2.29. The fourth-order valence-electron chi connectivity index (χ4n) is 1.70. The molecule has 0 fully saturated rings. The van der Waals surface area contributed by atoms with Gasteiger partial charge in [0.05, 0.1) is 4.88 Å². The Labute approximate surface area is 115 Å². The zero-order valence-electron chi connectivity index (χ0n) is 11.2. The summed E-state index contributed by atoms with van der Waals surface area (Å²) in [5.74, 6) is 7.94. The van der Waals surface area contributed by atoms with Crippen LogP contribution in [0.4, 0.5) is 0 Å². The minimum absolute atomic E-state index is 0.254. The van der Waals surface area contributed by atoms with Gasteiger partial charge >= 0.3 is 0 Å². The SMILES string of the molecule is CC[Si](C#CC(=O)C#Cc1cccs1)(CC)CC. The molecule has 94 valence electrons. The van der Waals surface area contributed by atoms with Gasteiger partial charge in [0.15, 0.2) is 0 Å². The van der Waals surface area contributed by atoms with E-state index in [2.05, 4.69) is 44.1 Å². The van der Waals surface area contributed by atoms with Gasteiger partial charge in [-0.05, 0) is 47.3 Å². The number of ketones is 1. The van der Waals surface area contributed by atoms with Gasteiger partial charge in [-0.1, -0.05) is 26.8 Å². The highest BCUT2D eigenvalue weighted by Gasteiger charge is 2.24. The quantitative estimate of drug-likeness (QED) is 0.606. The standard InChI is InChI=1S/C15H18OSSi/c1-4-18(5-2,6-3)13-11-14(16)9-10-15-8-7-12-17-15/h7-8,12H,4-6H2,1-3H3. The van der Waals surface area contributed by atoms with E-state index in [4.69, 9.17) is 0 Å². The van der Waals surface area contributed by atoms with Crippen molar-refractivity contribution in [2.45, 2.75) is 38.9 Å². The number of carbonyl (C=O) groups excluding carboxylic acids is 1. The molecule has 1 rings (SSSR count). The summed E-state index contributed by atoms with van der Waals surface area (Å²) in [5, 5.41) is 1.95. The fraction of sp³-hybridized carbons (Fsp3) is 0.400. The van der Waals surface area contributed by atoms with Crippen molar-refractivity contribution in [3.05, 3.63) is 22.4 Å². The van der Waals surface area contributed by atoms with Gasteiger partial charge in [-0.3, -0.25) is 4.79 Å². The molecule has 0 aromatic carbocycles. The molecule has 1 aromatic heterocycles. The van der Waals surface area contributed by atoms with Gasteiger partial charge in [0.25, 0.3) is 5.78 Å². The molecule has 1 aromatic rings.